The molecule has 0 aliphatic heterocycles. The second-order valence-electron chi connectivity index (χ2n) is 10.9. The quantitative estimate of drug-likeness (QED) is 0.217. The van der Waals surface area contributed by atoms with Gasteiger partial charge in [0.15, 0.2) is 5.78 Å². The highest BCUT2D eigenvalue weighted by Gasteiger charge is 2.79. The first-order valence-corrected chi connectivity index (χ1v) is 12.2. The third-order valence-electron chi connectivity index (χ3n) is 9.31. The molecule has 4 aliphatic carbocycles. The molecule has 2 fully saturated rings. The van der Waals surface area contributed by atoms with E-state index < -0.39 is 41.4 Å². The molecule has 0 amide bonds. The van der Waals surface area contributed by atoms with E-state index in [1.54, 1.807) is 30.3 Å². The summed E-state index contributed by atoms with van der Waals surface area (Å²) in [4.78, 5) is 12.1. The van der Waals surface area contributed by atoms with Crippen molar-refractivity contribution in [2.75, 3.05) is 0 Å². The molecule has 0 radical (unpaired) electrons. The van der Waals surface area contributed by atoms with Crippen molar-refractivity contribution in [3.63, 3.8) is 0 Å². The fraction of sp³-hybridized carbons (Fsp3) is 0.556. The zero-order valence-corrected chi connectivity index (χ0v) is 19.8. The molecular weight excluding hydrogens is 481 g/mol. The molecule has 2 unspecified atom stereocenters. The lowest BCUT2D eigenvalue weighted by Gasteiger charge is -2.56. The molecule has 2 saturated carbocycles. The van der Waals surface area contributed by atoms with Crippen LogP contribution in [0.3, 0.4) is 0 Å². The Morgan fingerprint density at radius 2 is 1.75 bits per heavy atom. The van der Waals surface area contributed by atoms with E-state index in [-0.39, 0.29) is 24.5 Å². The van der Waals surface area contributed by atoms with E-state index >= 15 is 0 Å². The van der Waals surface area contributed by atoms with Gasteiger partial charge in [-0.25, -0.2) is 0 Å². The summed E-state index contributed by atoms with van der Waals surface area (Å²) in [7, 11) is 0. The molecule has 1 aromatic carbocycles. The number of aliphatic hydroxyl groups is 1. The van der Waals surface area contributed by atoms with Gasteiger partial charge in [0.1, 0.15) is 5.60 Å². The minimum absolute atomic E-state index is 0.0395. The van der Waals surface area contributed by atoms with Crippen molar-refractivity contribution in [3.8, 4) is 0 Å². The van der Waals surface area contributed by atoms with Crippen molar-refractivity contribution in [1.29, 1.82) is 0 Å². The number of benzene rings is 1. The van der Waals surface area contributed by atoms with Crippen molar-refractivity contribution < 1.29 is 37.1 Å². The number of alkyl halides is 5. The third-order valence-corrected chi connectivity index (χ3v) is 9.31. The number of carbonyl (C=O) groups is 1. The predicted octanol–water partition coefficient (Wildman–Crippen LogP) is 6.32. The molecule has 5 rings (SSSR count). The van der Waals surface area contributed by atoms with E-state index in [0.717, 1.165) is 22.3 Å². The first-order valence-electron chi connectivity index (χ1n) is 12.2. The summed E-state index contributed by atoms with van der Waals surface area (Å²) in [5.41, 5.74) is -0.586. The highest BCUT2D eigenvalue weighted by atomic mass is 19.4. The Kier molecular flexibility index (Phi) is 5.74. The van der Waals surface area contributed by atoms with Gasteiger partial charge in [-0.1, -0.05) is 41.9 Å². The Balaban J connectivity index is 1.68. The molecule has 4 nitrogen and oxygen atoms in total. The predicted molar refractivity (Wildman–Crippen MR) is 122 cm³/mol. The van der Waals surface area contributed by atoms with E-state index in [4.69, 9.17) is 5.21 Å². The van der Waals surface area contributed by atoms with Crippen LogP contribution in [-0.2, 0) is 4.79 Å². The number of hydrogen-bond acceptors (Lipinski definition) is 4. The number of ketones is 1. The molecule has 9 heteroatoms. The summed E-state index contributed by atoms with van der Waals surface area (Å²) in [6, 6.07) is 6.91. The number of halogens is 5. The molecule has 36 heavy (non-hydrogen) atoms. The van der Waals surface area contributed by atoms with Crippen LogP contribution in [0.4, 0.5) is 22.0 Å². The molecule has 0 bridgehead atoms. The monoisotopic (exact) mass is 509 g/mol. The van der Waals surface area contributed by atoms with Crippen LogP contribution < -0.4 is 0 Å². The van der Waals surface area contributed by atoms with E-state index in [0.29, 0.717) is 31.2 Å². The maximum atomic E-state index is 15.0. The first-order chi connectivity index (χ1) is 16.8. The van der Waals surface area contributed by atoms with E-state index in [1.165, 1.54) is 13.1 Å². The number of allylic oxidation sites excluding steroid dienone is 4. The minimum Gasteiger partial charge on any atom is -0.411 e. The summed E-state index contributed by atoms with van der Waals surface area (Å²) in [5, 5.41) is 23.1. The van der Waals surface area contributed by atoms with Crippen molar-refractivity contribution in [2.45, 2.75) is 75.5 Å². The number of oxime groups is 1. The van der Waals surface area contributed by atoms with Crippen molar-refractivity contribution in [3.05, 3.63) is 58.2 Å². The van der Waals surface area contributed by atoms with Crippen LogP contribution in [-0.4, -0.2) is 40.0 Å². The Labute approximate surface area is 205 Å². The van der Waals surface area contributed by atoms with E-state index in [9.17, 15) is 31.9 Å². The molecule has 1 aromatic rings. The van der Waals surface area contributed by atoms with Crippen molar-refractivity contribution in [1.82, 2.24) is 0 Å². The largest absolute Gasteiger partial charge is 0.456 e. The average molecular weight is 510 g/mol. The number of hydrogen-bond donors (Lipinski definition) is 2. The zero-order valence-electron chi connectivity index (χ0n) is 19.8. The highest BCUT2D eigenvalue weighted by Crippen LogP contribution is 2.70. The van der Waals surface area contributed by atoms with Gasteiger partial charge in [0.2, 0.25) is 0 Å². The standard InChI is InChI=1S/C27H28F5NO3/c1-24-13-21(16-4-2-15(3-5-16)14-33-36)23-19-9-7-18(34)12-17(19)6-8-20(23)22(24)10-11-25(24,35)26(28,29)27(30,31)32/h2-5,12,14,20-22,35-36H,6-11,13H2,1H3/b33-14+/t20?,21-,22?,24+,25+/m1/s1. The van der Waals surface area contributed by atoms with Gasteiger partial charge < -0.3 is 10.3 Å². The van der Waals surface area contributed by atoms with Crippen LogP contribution in [0, 0.1) is 17.3 Å². The Hall–Kier alpha value is -2.55. The third kappa shape index (κ3) is 3.41. The van der Waals surface area contributed by atoms with E-state index in [1.807, 2.05) is 0 Å². The topological polar surface area (TPSA) is 69.9 Å². The molecule has 5 atom stereocenters. The number of fused-ring (bicyclic) bond motifs is 4. The lowest BCUT2D eigenvalue weighted by Crippen LogP contribution is -2.65. The van der Waals surface area contributed by atoms with Crippen molar-refractivity contribution in [2.24, 2.45) is 22.4 Å². The highest BCUT2D eigenvalue weighted by molar-refractivity contribution is 5.93. The summed E-state index contributed by atoms with van der Waals surface area (Å²) >= 11 is 0. The molecule has 0 heterocycles. The fourth-order valence-corrected chi connectivity index (χ4v) is 7.60. The zero-order chi connectivity index (χ0) is 26.1. The molecular formula is C27H28F5NO3. The lowest BCUT2D eigenvalue weighted by molar-refractivity contribution is -0.362. The van der Waals surface area contributed by atoms with Crippen LogP contribution in [0.25, 0.3) is 0 Å². The summed E-state index contributed by atoms with van der Waals surface area (Å²) in [6.45, 7) is 1.40. The first kappa shape index (κ1) is 25.1. The summed E-state index contributed by atoms with van der Waals surface area (Å²) < 4.78 is 70.7. The van der Waals surface area contributed by atoms with E-state index in [2.05, 4.69) is 5.16 Å². The van der Waals surface area contributed by atoms with Gasteiger partial charge in [0.25, 0.3) is 0 Å². The van der Waals surface area contributed by atoms with Gasteiger partial charge in [-0.3, -0.25) is 4.79 Å². The van der Waals surface area contributed by atoms with Gasteiger partial charge in [0, 0.05) is 17.8 Å². The Bertz CT molecular complexity index is 1170. The SMILES string of the molecule is C[C@]12C[C@H](c3ccc(/C=N/O)cc3)C3=C4CCC(=O)C=C4CCC3C1CC[C@@]2(O)C(F)(F)C(F)(F)F. The van der Waals surface area contributed by atoms with Crippen LogP contribution >= 0.6 is 0 Å². The van der Waals surface area contributed by atoms with Crippen LogP contribution in [0.5, 0.6) is 0 Å². The van der Waals surface area contributed by atoms with Crippen LogP contribution in [0.2, 0.25) is 0 Å². The van der Waals surface area contributed by atoms with Crippen LogP contribution in [0.1, 0.15) is 68.9 Å². The summed E-state index contributed by atoms with van der Waals surface area (Å²) in [5.74, 6) is -6.49. The molecule has 2 N–H and O–H groups in total. The van der Waals surface area contributed by atoms with Crippen LogP contribution in [0.15, 0.2) is 52.2 Å². The molecule has 4 aliphatic rings. The maximum Gasteiger partial charge on any atom is 0.456 e. The van der Waals surface area contributed by atoms with Gasteiger partial charge in [-0.2, -0.15) is 22.0 Å². The Morgan fingerprint density at radius 1 is 1.06 bits per heavy atom. The smallest absolute Gasteiger partial charge is 0.411 e. The molecule has 0 spiro atoms. The lowest BCUT2D eigenvalue weighted by atomic mass is 9.50. The molecule has 0 saturated heterocycles. The molecule has 194 valence electrons. The normalized spacial score (nSPS) is 34.9. The summed E-state index contributed by atoms with van der Waals surface area (Å²) in [6.07, 6.45) is -1.63. The van der Waals surface area contributed by atoms with Gasteiger partial charge in [-0.05, 0) is 78.7 Å². The number of nitrogens with zero attached hydrogens (tertiary/aromatic N) is 1. The molecule has 0 aromatic heterocycles. The van der Waals surface area contributed by atoms with Gasteiger partial charge >= 0.3 is 12.1 Å². The van der Waals surface area contributed by atoms with Gasteiger partial charge in [-0.15, -0.1) is 0 Å². The second-order valence-corrected chi connectivity index (χ2v) is 10.9. The second kappa shape index (κ2) is 8.23. The fourth-order valence-electron chi connectivity index (χ4n) is 7.60. The van der Waals surface area contributed by atoms with Crippen molar-refractivity contribution >= 4 is 12.0 Å². The number of rotatable bonds is 3. The minimum atomic E-state index is -5.87. The maximum absolute atomic E-state index is 15.0. The number of carbonyl (C=O) groups excluding carboxylic acids is 1. The van der Waals surface area contributed by atoms with Gasteiger partial charge in [0.05, 0.1) is 6.21 Å². The Morgan fingerprint density at radius 3 is 2.39 bits per heavy atom. The average Bonchev–Trinajstić information content (AvgIpc) is 3.10.